The molecule has 0 radical (unpaired) electrons. The average molecular weight is 227 g/mol. The number of hydrogen-bond acceptors (Lipinski definition) is 3. The zero-order chi connectivity index (χ0) is 12.0. The minimum atomic E-state index is -0.982. The summed E-state index contributed by atoms with van der Waals surface area (Å²) in [5.41, 5.74) is 4.88. The smallest absolute Gasteiger partial charge is 0.376 e. The van der Waals surface area contributed by atoms with Gasteiger partial charge in [-0.05, 0) is 25.2 Å². The average Bonchev–Trinajstić information content (AvgIpc) is 2.70. The molecule has 92 valence electrons. The van der Waals surface area contributed by atoms with Crippen LogP contribution >= 0.6 is 0 Å². The largest absolute Gasteiger partial charge is 0.412 e. The first-order valence-corrected chi connectivity index (χ1v) is 6.16. The second-order valence-corrected chi connectivity index (χ2v) is 4.53. The van der Waals surface area contributed by atoms with Gasteiger partial charge in [-0.1, -0.05) is 32.6 Å². The monoisotopic (exact) mass is 227 g/mol. The van der Waals surface area contributed by atoms with Gasteiger partial charge >= 0.3 is 12.1 Å². The predicted molar refractivity (Wildman–Crippen MR) is 60.6 cm³/mol. The fourth-order valence-corrected chi connectivity index (χ4v) is 2.50. The normalized spacial score (nSPS) is 18.3. The van der Waals surface area contributed by atoms with Gasteiger partial charge in [-0.2, -0.15) is 0 Å². The Morgan fingerprint density at radius 2 is 2.00 bits per heavy atom. The molecule has 4 heteroatoms. The summed E-state index contributed by atoms with van der Waals surface area (Å²) >= 11 is 0. The minimum absolute atomic E-state index is 0.130. The molecule has 0 aromatic heterocycles. The van der Waals surface area contributed by atoms with Crippen LogP contribution in [-0.4, -0.2) is 12.1 Å². The predicted octanol–water partition coefficient (Wildman–Crippen LogP) is 2.60. The van der Waals surface area contributed by atoms with Crippen molar-refractivity contribution in [2.45, 2.75) is 51.9 Å². The van der Waals surface area contributed by atoms with Gasteiger partial charge in [-0.15, -0.1) is 0 Å². The molecule has 1 amide bonds. The van der Waals surface area contributed by atoms with Crippen LogP contribution in [-0.2, 0) is 9.53 Å². The van der Waals surface area contributed by atoms with E-state index in [1.807, 2.05) is 0 Å². The summed E-state index contributed by atoms with van der Waals surface area (Å²) in [6.45, 7) is 2.09. The second-order valence-electron chi connectivity index (χ2n) is 4.53. The van der Waals surface area contributed by atoms with Crippen LogP contribution < -0.4 is 5.73 Å². The van der Waals surface area contributed by atoms with E-state index in [0.29, 0.717) is 5.92 Å². The molecular weight excluding hydrogens is 206 g/mol. The third-order valence-corrected chi connectivity index (χ3v) is 3.34. The molecule has 1 saturated carbocycles. The highest BCUT2D eigenvalue weighted by Crippen LogP contribution is 2.34. The molecule has 0 aromatic carbocycles. The second kappa shape index (κ2) is 6.51. The Bertz CT molecular complexity index is 247. The molecule has 0 heterocycles. The molecule has 4 nitrogen and oxygen atoms in total. The highest BCUT2D eigenvalue weighted by atomic mass is 16.6. The molecule has 1 aliphatic carbocycles. The lowest BCUT2D eigenvalue weighted by atomic mass is 9.87. The van der Waals surface area contributed by atoms with E-state index in [4.69, 9.17) is 5.73 Å². The van der Waals surface area contributed by atoms with Crippen molar-refractivity contribution in [3.05, 3.63) is 0 Å². The van der Waals surface area contributed by atoms with Crippen LogP contribution in [0.15, 0.2) is 0 Å². The van der Waals surface area contributed by atoms with E-state index in [1.165, 1.54) is 12.8 Å². The highest BCUT2D eigenvalue weighted by Gasteiger charge is 2.31. The molecule has 0 spiro atoms. The van der Waals surface area contributed by atoms with E-state index in [9.17, 15) is 9.59 Å². The number of esters is 1. The standard InChI is InChI=1S/C12H21NO3/c1-2-3-8-10(9-6-4-5-7-9)11(14)16-12(13)15/h9-10H,2-8H2,1H3,(H2,13,15). The van der Waals surface area contributed by atoms with Crippen molar-refractivity contribution in [2.75, 3.05) is 0 Å². The Morgan fingerprint density at radius 1 is 1.38 bits per heavy atom. The first-order valence-electron chi connectivity index (χ1n) is 6.16. The van der Waals surface area contributed by atoms with E-state index in [0.717, 1.165) is 32.1 Å². The molecule has 1 atom stereocenters. The number of carbonyl (C=O) groups is 2. The number of nitrogens with two attached hydrogens (primary N) is 1. The number of amides is 1. The molecule has 16 heavy (non-hydrogen) atoms. The number of unbranched alkanes of at least 4 members (excludes halogenated alkanes) is 1. The van der Waals surface area contributed by atoms with Gasteiger partial charge in [-0.25, -0.2) is 4.79 Å². The molecule has 1 fully saturated rings. The molecule has 0 aliphatic heterocycles. The van der Waals surface area contributed by atoms with Gasteiger partial charge in [0.05, 0.1) is 5.92 Å². The van der Waals surface area contributed by atoms with E-state index in [2.05, 4.69) is 11.7 Å². The SMILES string of the molecule is CCCCC(C(=O)OC(N)=O)C1CCCC1. The summed E-state index contributed by atoms with van der Waals surface area (Å²) in [6, 6.07) is 0. The summed E-state index contributed by atoms with van der Waals surface area (Å²) in [5.74, 6) is -0.166. The molecule has 1 unspecified atom stereocenters. The number of hydrogen-bond donors (Lipinski definition) is 1. The molecule has 0 saturated heterocycles. The van der Waals surface area contributed by atoms with Crippen molar-refractivity contribution >= 4 is 12.1 Å². The van der Waals surface area contributed by atoms with Gasteiger partial charge in [0.15, 0.2) is 0 Å². The van der Waals surface area contributed by atoms with E-state index in [1.54, 1.807) is 0 Å². The third kappa shape index (κ3) is 3.83. The van der Waals surface area contributed by atoms with Crippen molar-refractivity contribution in [1.29, 1.82) is 0 Å². The minimum Gasteiger partial charge on any atom is -0.376 e. The topological polar surface area (TPSA) is 69.4 Å². The van der Waals surface area contributed by atoms with Crippen molar-refractivity contribution in [1.82, 2.24) is 0 Å². The van der Waals surface area contributed by atoms with Gasteiger partial charge in [0, 0.05) is 0 Å². The van der Waals surface area contributed by atoms with Gasteiger partial charge in [-0.3, -0.25) is 4.79 Å². The highest BCUT2D eigenvalue weighted by molar-refractivity contribution is 5.85. The van der Waals surface area contributed by atoms with Gasteiger partial charge in [0.2, 0.25) is 0 Å². The van der Waals surface area contributed by atoms with E-state index < -0.39 is 12.1 Å². The fraction of sp³-hybridized carbons (Fsp3) is 0.833. The van der Waals surface area contributed by atoms with Crippen LogP contribution in [0.3, 0.4) is 0 Å². The quantitative estimate of drug-likeness (QED) is 0.579. The van der Waals surface area contributed by atoms with Gasteiger partial charge < -0.3 is 10.5 Å². The lowest BCUT2D eigenvalue weighted by molar-refractivity contribution is -0.144. The van der Waals surface area contributed by atoms with Crippen LogP contribution in [0, 0.1) is 11.8 Å². The van der Waals surface area contributed by atoms with Crippen LogP contribution in [0.5, 0.6) is 0 Å². The number of ether oxygens (including phenoxy) is 1. The molecule has 1 rings (SSSR count). The summed E-state index contributed by atoms with van der Waals surface area (Å²) in [5, 5.41) is 0. The van der Waals surface area contributed by atoms with Crippen molar-refractivity contribution in [3.63, 3.8) is 0 Å². The Hall–Kier alpha value is -1.06. The Labute approximate surface area is 96.5 Å². The Kier molecular flexibility index (Phi) is 5.29. The van der Waals surface area contributed by atoms with E-state index in [-0.39, 0.29) is 5.92 Å². The molecular formula is C12H21NO3. The molecule has 1 aliphatic rings. The lowest BCUT2D eigenvalue weighted by Gasteiger charge is -2.20. The number of rotatable bonds is 5. The molecule has 0 bridgehead atoms. The maximum atomic E-state index is 11.7. The zero-order valence-corrected chi connectivity index (χ0v) is 9.91. The molecule has 0 aromatic rings. The summed E-state index contributed by atoms with van der Waals surface area (Å²) in [7, 11) is 0. The van der Waals surface area contributed by atoms with Crippen molar-refractivity contribution in [2.24, 2.45) is 17.6 Å². The van der Waals surface area contributed by atoms with Crippen LogP contribution in [0.25, 0.3) is 0 Å². The Morgan fingerprint density at radius 3 is 2.50 bits per heavy atom. The maximum Gasteiger partial charge on any atom is 0.412 e. The summed E-state index contributed by atoms with van der Waals surface area (Å²) < 4.78 is 4.52. The number of primary amides is 1. The summed E-state index contributed by atoms with van der Waals surface area (Å²) in [4.78, 5) is 22.3. The van der Waals surface area contributed by atoms with Crippen molar-refractivity contribution in [3.8, 4) is 0 Å². The zero-order valence-electron chi connectivity index (χ0n) is 9.91. The summed E-state index contributed by atoms with van der Waals surface area (Å²) in [6.07, 6.45) is 6.37. The van der Waals surface area contributed by atoms with Crippen LogP contribution in [0.4, 0.5) is 4.79 Å². The first-order chi connectivity index (χ1) is 7.65. The first kappa shape index (κ1) is 13.0. The lowest BCUT2D eigenvalue weighted by Crippen LogP contribution is -2.29. The third-order valence-electron chi connectivity index (χ3n) is 3.34. The van der Waals surface area contributed by atoms with Gasteiger partial charge in [0.1, 0.15) is 0 Å². The maximum absolute atomic E-state index is 11.7. The number of carbonyl (C=O) groups excluding carboxylic acids is 2. The Balaban J connectivity index is 2.54. The van der Waals surface area contributed by atoms with Crippen LogP contribution in [0.1, 0.15) is 51.9 Å². The van der Waals surface area contributed by atoms with E-state index >= 15 is 0 Å². The van der Waals surface area contributed by atoms with Gasteiger partial charge in [0.25, 0.3) is 0 Å². The van der Waals surface area contributed by atoms with Crippen LogP contribution in [0.2, 0.25) is 0 Å². The van der Waals surface area contributed by atoms with Crippen molar-refractivity contribution < 1.29 is 14.3 Å². The fourth-order valence-electron chi connectivity index (χ4n) is 2.50. The molecule has 2 N–H and O–H groups in total.